The Labute approximate surface area is 210 Å². The molecule has 3 aliphatic heterocycles. The number of nitrogens with zero attached hydrogens (tertiary/aromatic N) is 1. The predicted octanol–water partition coefficient (Wildman–Crippen LogP) is 5.50. The Hall–Kier alpha value is -2.93. The lowest BCUT2D eigenvalue weighted by Gasteiger charge is -2.46. The molecule has 0 aliphatic carbocycles. The highest BCUT2D eigenvalue weighted by molar-refractivity contribution is 6.30. The fraction of sp³-hybridized carbons (Fsp3) is 0.357. The van der Waals surface area contributed by atoms with Gasteiger partial charge in [0.25, 0.3) is 0 Å². The standard InChI is InChI=1S/C28H28ClNO5/c1-31-24-8-7-20-22(28(24)32-2)13-30-10-9-18-11-25-26(35-16-34-25)12-21(18)27(30)23(20)15-33-14-17-3-5-19(29)6-4-17/h3-8,11-12,23,27H,9-10,13-16H2,1-2H3. The summed E-state index contributed by atoms with van der Waals surface area (Å²) in [5.74, 6) is 3.35. The zero-order valence-electron chi connectivity index (χ0n) is 19.9. The van der Waals surface area contributed by atoms with E-state index in [9.17, 15) is 0 Å². The van der Waals surface area contributed by atoms with Crippen molar-refractivity contribution in [3.63, 3.8) is 0 Å². The Morgan fingerprint density at radius 1 is 0.971 bits per heavy atom. The molecule has 2 atom stereocenters. The highest BCUT2D eigenvalue weighted by Gasteiger charge is 2.42. The minimum Gasteiger partial charge on any atom is -0.493 e. The van der Waals surface area contributed by atoms with Gasteiger partial charge >= 0.3 is 0 Å². The normalized spacial score (nSPS) is 20.1. The second kappa shape index (κ2) is 9.26. The van der Waals surface area contributed by atoms with Crippen molar-refractivity contribution in [1.29, 1.82) is 0 Å². The summed E-state index contributed by atoms with van der Waals surface area (Å²) in [7, 11) is 3.39. The van der Waals surface area contributed by atoms with Gasteiger partial charge < -0.3 is 23.7 Å². The van der Waals surface area contributed by atoms with Gasteiger partial charge in [0.15, 0.2) is 23.0 Å². The second-order valence-electron chi connectivity index (χ2n) is 9.19. The highest BCUT2D eigenvalue weighted by Crippen LogP contribution is 2.51. The van der Waals surface area contributed by atoms with Gasteiger partial charge in [-0.2, -0.15) is 0 Å². The van der Waals surface area contributed by atoms with Crippen LogP contribution in [0.5, 0.6) is 23.0 Å². The smallest absolute Gasteiger partial charge is 0.231 e. The van der Waals surface area contributed by atoms with Crippen molar-refractivity contribution in [3.05, 3.63) is 81.4 Å². The summed E-state index contributed by atoms with van der Waals surface area (Å²) >= 11 is 6.05. The van der Waals surface area contributed by atoms with Crippen LogP contribution in [-0.2, 0) is 24.3 Å². The zero-order valence-corrected chi connectivity index (χ0v) is 20.6. The largest absolute Gasteiger partial charge is 0.493 e. The van der Waals surface area contributed by atoms with Crippen LogP contribution in [0.15, 0.2) is 48.5 Å². The van der Waals surface area contributed by atoms with Crippen LogP contribution < -0.4 is 18.9 Å². The lowest BCUT2D eigenvalue weighted by molar-refractivity contribution is 0.0517. The number of fused-ring (bicyclic) bond motifs is 5. The van der Waals surface area contributed by atoms with Crippen LogP contribution in [0, 0.1) is 0 Å². The van der Waals surface area contributed by atoms with Gasteiger partial charge in [-0.05, 0) is 59.0 Å². The summed E-state index contributed by atoms with van der Waals surface area (Å²) in [5, 5.41) is 0.726. The predicted molar refractivity (Wildman–Crippen MR) is 133 cm³/mol. The molecule has 0 aromatic heterocycles. The molecule has 3 aromatic rings. The number of ether oxygens (including phenoxy) is 5. The van der Waals surface area contributed by atoms with E-state index < -0.39 is 0 Å². The molecule has 0 radical (unpaired) electrons. The maximum absolute atomic E-state index is 6.34. The van der Waals surface area contributed by atoms with Crippen LogP contribution >= 0.6 is 11.6 Å². The lowest BCUT2D eigenvalue weighted by atomic mass is 9.76. The molecule has 0 fully saturated rings. The van der Waals surface area contributed by atoms with Crippen LogP contribution in [0.25, 0.3) is 0 Å². The van der Waals surface area contributed by atoms with Crippen molar-refractivity contribution in [2.24, 2.45) is 0 Å². The van der Waals surface area contributed by atoms with Crippen molar-refractivity contribution < 1.29 is 23.7 Å². The van der Waals surface area contributed by atoms with Crippen LogP contribution in [0.1, 0.15) is 39.8 Å². The van der Waals surface area contributed by atoms with E-state index in [1.807, 2.05) is 30.3 Å². The summed E-state index contributed by atoms with van der Waals surface area (Å²) in [5.41, 5.74) is 6.13. The van der Waals surface area contributed by atoms with Gasteiger partial charge in [0.2, 0.25) is 6.79 Å². The average Bonchev–Trinajstić information content (AvgIpc) is 3.34. The third kappa shape index (κ3) is 3.99. The number of halogens is 1. The molecule has 0 saturated heterocycles. The quantitative estimate of drug-likeness (QED) is 0.452. The highest BCUT2D eigenvalue weighted by atomic mass is 35.5. The van der Waals surface area contributed by atoms with Crippen molar-refractivity contribution >= 4 is 11.6 Å². The molecule has 3 aliphatic rings. The Balaban J connectivity index is 1.39. The SMILES string of the molecule is COc1ccc2c(c1OC)CN1CCc3cc4c(cc3C1C2COCc1ccc(Cl)cc1)OCO4. The number of hydrogen-bond donors (Lipinski definition) is 0. The first-order chi connectivity index (χ1) is 17.2. The fourth-order valence-corrected chi connectivity index (χ4v) is 5.82. The number of methoxy groups -OCH3 is 2. The molecule has 6 rings (SSSR count). The van der Waals surface area contributed by atoms with Crippen LogP contribution in [0.4, 0.5) is 0 Å². The lowest BCUT2D eigenvalue weighted by Crippen LogP contribution is -2.43. The first-order valence-electron chi connectivity index (χ1n) is 11.9. The average molecular weight is 494 g/mol. The van der Waals surface area contributed by atoms with Crippen molar-refractivity contribution in [2.45, 2.75) is 31.5 Å². The van der Waals surface area contributed by atoms with Crippen LogP contribution in [0.2, 0.25) is 5.02 Å². The van der Waals surface area contributed by atoms with Gasteiger partial charge in [-0.3, -0.25) is 4.90 Å². The fourth-order valence-electron chi connectivity index (χ4n) is 5.70. The molecule has 0 N–H and O–H groups in total. The maximum Gasteiger partial charge on any atom is 0.231 e. The molecule has 3 aromatic carbocycles. The van der Waals surface area contributed by atoms with Gasteiger partial charge in [-0.25, -0.2) is 0 Å². The zero-order chi connectivity index (χ0) is 23.9. The van der Waals surface area contributed by atoms with Gasteiger partial charge in [-0.15, -0.1) is 0 Å². The van der Waals surface area contributed by atoms with Gasteiger partial charge in [0.05, 0.1) is 27.4 Å². The molecule has 0 bridgehead atoms. The first kappa shape index (κ1) is 22.5. The molecule has 35 heavy (non-hydrogen) atoms. The Morgan fingerprint density at radius 3 is 2.54 bits per heavy atom. The molecule has 7 heteroatoms. The molecule has 0 saturated carbocycles. The van der Waals surface area contributed by atoms with E-state index in [2.05, 4.69) is 23.1 Å². The third-order valence-electron chi connectivity index (χ3n) is 7.32. The molecule has 0 spiro atoms. The summed E-state index contributed by atoms with van der Waals surface area (Å²) in [6.45, 7) is 3.12. The van der Waals surface area contributed by atoms with E-state index in [0.717, 1.165) is 53.1 Å². The monoisotopic (exact) mass is 493 g/mol. The van der Waals surface area contributed by atoms with Crippen LogP contribution in [0.3, 0.4) is 0 Å². The summed E-state index contributed by atoms with van der Waals surface area (Å²) in [6.07, 6.45) is 0.961. The molecular weight excluding hydrogens is 466 g/mol. The maximum atomic E-state index is 6.34. The van der Waals surface area contributed by atoms with Crippen molar-refractivity contribution in [1.82, 2.24) is 4.90 Å². The van der Waals surface area contributed by atoms with Gasteiger partial charge in [0, 0.05) is 35.6 Å². The molecular formula is C28H28ClNO5. The van der Waals surface area contributed by atoms with Gasteiger partial charge in [0.1, 0.15) is 0 Å². The van der Waals surface area contributed by atoms with Crippen molar-refractivity contribution in [2.75, 3.05) is 34.2 Å². The van der Waals surface area contributed by atoms with E-state index in [-0.39, 0.29) is 18.8 Å². The van der Waals surface area contributed by atoms with Crippen molar-refractivity contribution in [3.8, 4) is 23.0 Å². The van der Waals surface area contributed by atoms with Crippen LogP contribution in [-0.4, -0.2) is 39.1 Å². The molecule has 3 heterocycles. The Kier molecular flexibility index (Phi) is 5.96. The minimum atomic E-state index is 0.116. The molecule has 182 valence electrons. The minimum absolute atomic E-state index is 0.116. The molecule has 2 unspecified atom stereocenters. The third-order valence-corrected chi connectivity index (χ3v) is 7.57. The summed E-state index contributed by atoms with van der Waals surface area (Å²) < 4.78 is 29.2. The Bertz CT molecular complexity index is 1250. The number of benzene rings is 3. The van der Waals surface area contributed by atoms with E-state index in [4.69, 9.17) is 35.3 Å². The summed E-state index contributed by atoms with van der Waals surface area (Å²) in [6, 6.07) is 16.5. The number of hydrogen-bond acceptors (Lipinski definition) is 6. The number of rotatable bonds is 6. The molecule has 6 nitrogen and oxygen atoms in total. The van der Waals surface area contributed by atoms with E-state index >= 15 is 0 Å². The second-order valence-corrected chi connectivity index (χ2v) is 9.62. The topological polar surface area (TPSA) is 49.4 Å². The van der Waals surface area contributed by atoms with Gasteiger partial charge in [-0.1, -0.05) is 29.8 Å². The Morgan fingerprint density at radius 2 is 1.77 bits per heavy atom. The first-order valence-corrected chi connectivity index (χ1v) is 12.3. The van der Waals surface area contributed by atoms with E-state index in [1.165, 1.54) is 22.3 Å². The molecule has 0 amide bonds. The van der Waals surface area contributed by atoms with E-state index in [0.29, 0.717) is 13.2 Å². The van der Waals surface area contributed by atoms with E-state index in [1.54, 1.807) is 14.2 Å². The summed E-state index contributed by atoms with van der Waals surface area (Å²) in [4.78, 5) is 2.53.